The van der Waals surface area contributed by atoms with Gasteiger partial charge in [0.25, 0.3) is 0 Å². The normalized spacial score (nSPS) is 15.1. The van der Waals surface area contributed by atoms with Gasteiger partial charge >= 0.3 is 0 Å². The second-order valence-corrected chi connectivity index (χ2v) is 7.80. The van der Waals surface area contributed by atoms with Crippen LogP contribution in [0.15, 0.2) is 42.5 Å². The highest BCUT2D eigenvalue weighted by molar-refractivity contribution is 5.75. The lowest BCUT2D eigenvalue weighted by Crippen LogP contribution is -2.43. The van der Waals surface area contributed by atoms with Crippen molar-refractivity contribution in [2.75, 3.05) is 53.7 Å². The number of carbonyl (C=O) groups excluding carboxylic acids is 1. The van der Waals surface area contributed by atoms with E-state index in [0.29, 0.717) is 50.7 Å². The number of aryl methyl sites for hydroxylation is 1. The van der Waals surface area contributed by atoms with Gasteiger partial charge in [0.05, 0.1) is 40.1 Å². The zero-order chi connectivity index (χ0) is 22.8. The molecule has 0 aromatic heterocycles. The van der Waals surface area contributed by atoms with Gasteiger partial charge in [-0.1, -0.05) is 24.3 Å². The van der Waals surface area contributed by atoms with E-state index in [2.05, 4.69) is 10.2 Å². The highest BCUT2D eigenvalue weighted by atomic mass is 16.5. The Kier molecular flexibility index (Phi) is 9.19. The predicted molar refractivity (Wildman–Crippen MR) is 124 cm³/mol. The van der Waals surface area contributed by atoms with Crippen molar-refractivity contribution >= 4 is 5.91 Å². The molecule has 1 atom stereocenters. The van der Waals surface area contributed by atoms with Crippen molar-refractivity contribution in [1.82, 2.24) is 10.2 Å². The van der Waals surface area contributed by atoms with Crippen LogP contribution in [0.2, 0.25) is 0 Å². The maximum Gasteiger partial charge on any atom is 0.220 e. The molecule has 1 aliphatic rings. The monoisotopic (exact) mass is 442 g/mol. The Labute approximate surface area is 190 Å². The number of hydrogen-bond donors (Lipinski definition) is 1. The number of methoxy groups -OCH3 is 2. The summed E-state index contributed by atoms with van der Waals surface area (Å²) in [5.41, 5.74) is 2.17. The van der Waals surface area contributed by atoms with Gasteiger partial charge in [0, 0.05) is 26.1 Å². The van der Waals surface area contributed by atoms with Crippen molar-refractivity contribution in [3.63, 3.8) is 0 Å². The van der Waals surface area contributed by atoms with E-state index in [0.717, 1.165) is 30.0 Å². The molecule has 1 unspecified atom stereocenters. The smallest absolute Gasteiger partial charge is 0.220 e. The first-order valence-electron chi connectivity index (χ1n) is 11.1. The summed E-state index contributed by atoms with van der Waals surface area (Å²) in [4.78, 5) is 14.8. The van der Waals surface area contributed by atoms with E-state index in [4.69, 9.17) is 18.9 Å². The summed E-state index contributed by atoms with van der Waals surface area (Å²) in [5, 5.41) is 3.11. The number of nitrogens with one attached hydrogen (secondary N) is 1. The van der Waals surface area contributed by atoms with Crippen LogP contribution in [0.5, 0.6) is 17.2 Å². The molecular weight excluding hydrogens is 408 g/mol. The molecule has 1 aliphatic heterocycles. The molecule has 0 bridgehead atoms. The Bertz CT molecular complexity index is 867. The summed E-state index contributed by atoms with van der Waals surface area (Å²) < 4.78 is 22.2. The zero-order valence-corrected chi connectivity index (χ0v) is 19.3. The molecule has 0 aliphatic carbocycles. The zero-order valence-electron chi connectivity index (χ0n) is 19.3. The van der Waals surface area contributed by atoms with Gasteiger partial charge < -0.3 is 24.3 Å². The number of rotatable bonds is 11. The van der Waals surface area contributed by atoms with Gasteiger partial charge in [-0.3, -0.25) is 9.69 Å². The second-order valence-electron chi connectivity index (χ2n) is 7.80. The van der Waals surface area contributed by atoms with E-state index in [1.807, 2.05) is 49.4 Å². The third-order valence-corrected chi connectivity index (χ3v) is 5.67. The Balaban J connectivity index is 1.55. The van der Waals surface area contributed by atoms with Crippen LogP contribution in [0.4, 0.5) is 0 Å². The molecular formula is C25H34N2O5. The summed E-state index contributed by atoms with van der Waals surface area (Å²) in [7, 11) is 3.26. The topological polar surface area (TPSA) is 69.3 Å². The molecule has 2 aromatic rings. The van der Waals surface area contributed by atoms with Crippen LogP contribution in [-0.2, 0) is 9.53 Å². The summed E-state index contributed by atoms with van der Waals surface area (Å²) in [5.74, 6) is 2.27. The lowest BCUT2D eigenvalue weighted by Gasteiger charge is -2.35. The number of ether oxygens (including phenoxy) is 4. The third kappa shape index (κ3) is 6.61. The maximum atomic E-state index is 12.5. The SMILES string of the molecule is COc1ccc(C(CNC(=O)CCCOc2ccccc2C)N2CCOCC2)cc1OC. The number of carbonyl (C=O) groups is 1. The van der Waals surface area contributed by atoms with Crippen molar-refractivity contribution < 1.29 is 23.7 Å². The van der Waals surface area contributed by atoms with Crippen LogP contribution < -0.4 is 19.5 Å². The van der Waals surface area contributed by atoms with Crippen LogP contribution in [0.1, 0.15) is 30.0 Å². The van der Waals surface area contributed by atoms with E-state index >= 15 is 0 Å². The molecule has 1 amide bonds. The van der Waals surface area contributed by atoms with E-state index in [1.165, 1.54) is 0 Å². The fourth-order valence-electron chi connectivity index (χ4n) is 3.84. The first kappa shape index (κ1) is 23.9. The van der Waals surface area contributed by atoms with Crippen LogP contribution >= 0.6 is 0 Å². The first-order valence-corrected chi connectivity index (χ1v) is 11.1. The molecule has 0 radical (unpaired) electrons. The van der Waals surface area contributed by atoms with Gasteiger partial charge in [0.15, 0.2) is 11.5 Å². The standard InChI is InChI=1S/C25H34N2O5/c1-19-7-4-5-8-22(19)32-14-6-9-25(28)26-18-21(27-12-15-31-16-13-27)20-10-11-23(29-2)24(17-20)30-3/h4-5,7-8,10-11,17,21H,6,9,12-16,18H2,1-3H3,(H,26,28). The molecule has 174 valence electrons. The Morgan fingerprint density at radius 3 is 2.53 bits per heavy atom. The van der Waals surface area contributed by atoms with Gasteiger partial charge in [0.1, 0.15) is 5.75 Å². The van der Waals surface area contributed by atoms with E-state index < -0.39 is 0 Å². The minimum absolute atomic E-state index is 0.0251. The molecule has 0 spiro atoms. The number of para-hydroxylation sites is 1. The van der Waals surface area contributed by atoms with Crippen LogP contribution in [0.3, 0.4) is 0 Å². The van der Waals surface area contributed by atoms with Gasteiger partial charge in [-0.05, 0) is 42.7 Å². The number of morpholine rings is 1. The summed E-state index contributed by atoms with van der Waals surface area (Å²) in [6.45, 7) is 6.07. The molecule has 0 saturated carbocycles. The van der Waals surface area contributed by atoms with Gasteiger partial charge in [-0.2, -0.15) is 0 Å². The number of benzene rings is 2. The average molecular weight is 443 g/mol. The number of nitrogens with zero attached hydrogens (tertiary/aromatic N) is 1. The molecule has 1 saturated heterocycles. The van der Waals surface area contributed by atoms with Crippen LogP contribution in [0.25, 0.3) is 0 Å². The molecule has 1 fully saturated rings. The van der Waals surface area contributed by atoms with Crippen LogP contribution in [0, 0.1) is 6.92 Å². The van der Waals surface area contributed by atoms with E-state index in [1.54, 1.807) is 14.2 Å². The highest BCUT2D eigenvalue weighted by Crippen LogP contribution is 2.32. The van der Waals surface area contributed by atoms with E-state index in [9.17, 15) is 4.79 Å². The first-order chi connectivity index (χ1) is 15.6. The molecule has 1 heterocycles. The lowest BCUT2D eigenvalue weighted by atomic mass is 10.0. The Morgan fingerprint density at radius 2 is 1.81 bits per heavy atom. The van der Waals surface area contributed by atoms with Crippen molar-refractivity contribution in [2.45, 2.75) is 25.8 Å². The van der Waals surface area contributed by atoms with Crippen molar-refractivity contribution in [3.8, 4) is 17.2 Å². The second kappa shape index (κ2) is 12.3. The summed E-state index contributed by atoms with van der Waals surface area (Å²) in [6.07, 6.45) is 1.09. The Morgan fingerprint density at radius 1 is 1.06 bits per heavy atom. The fraction of sp³-hybridized carbons (Fsp3) is 0.480. The number of amides is 1. The average Bonchev–Trinajstić information content (AvgIpc) is 2.83. The number of hydrogen-bond acceptors (Lipinski definition) is 6. The molecule has 32 heavy (non-hydrogen) atoms. The fourth-order valence-corrected chi connectivity index (χ4v) is 3.84. The largest absolute Gasteiger partial charge is 0.493 e. The van der Waals surface area contributed by atoms with Crippen molar-refractivity contribution in [2.24, 2.45) is 0 Å². The van der Waals surface area contributed by atoms with Gasteiger partial charge in [0.2, 0.25) is 5.91 Å². The molecule has 7 heteroatoms. The quantitative estimate of drug-likeness (QED) is 0.538. The molecule has 1 N–H and O–H groups in total. The minimum atomic E-state index is 0.0251. The Hall–Kier alpha value is -2.77. The van der Waals surface area contributed by atoms with Gasteiger partial charge in [-0.15, -0.1) is 0 Å². The lowest BCUT2D eigenvalue weighted by molar-refractivity contribution is -0.121. The molecule has 7 nitrogen and oxygen atoms in total. The highest BCUT2D eigenvalue weighted by Gasteiger charge is 2.24. The van der Waals surface area contributed by atoms with Crippen LogP contribution in [-0.4, -0.2) is 64.5 Å². The summed E-state index contributed by atoms with van der Waals surface area (Å²) in [6, 6.07) is 13.9. The predicted octanol–water partition coefficient (Wildman–Crippen LogP) is 3.36. The summed E-state index contributed by atoms with van der Waals surface area (Å²) >= 11 is 0. The third-order valence-electron chi connectivity index (χ3n) is 5.67. The minimum Gasteiger partial charge on any atom is -0.493 e. The molecule has 2 aromatic carbocycles. The van der Waals surface area contributed by atoms with Gasteiger partial charge in [-0.25, -0.2) is 0 Å². The molecule has 3 rings (SSSR count). The van der Waals surface area contributed by atoms with Crippen molar-refractivity contribution in [3.05, 3.63) is 53.6 Å². The van der Waals surface area contributed by atoms with Crippen molar-refractivity contribution in [1.29, 1.82) is 0 Å². The maximum absolute atomic E-state index is 12.5. The van der Waals surface area contributed by atoms with E-state index in [-0.39, 0.29) is 11.9 Å².